The van der Waals surface area contributed by atoms with Crippen LogP contribution in [0.25, 0.3) is 66.1 Å². The lowest BCUT2D eigenvalue weighted by Crippen LogP contribution is -2.49. The molecule has 0 aromatic heterocycles. The van der Waals surface area contributed by atoms with Gasteiger partial charge in [0.05, 0.1) is 0 Å². The molecule has 0 atom stereocenters. The Hall–Kier alpha value is -4.72. The highest BCUT2D eigenvalue weighted by atomic mass is 28.3. The Bertz CT molecular complexity index is 2390. The summed E-state index contributed by atoms with van der Waals surface area (Å²) in [6.07, 6.45) is 0. The summed E-state index contributed by atoms with van der Waals surface area (Å²) in [5.41, 5.74) is 15.0. The lowest BCUT2D eigenvalue weighted by molar-refractivity contribution is 0.660. The molecular weight excluding hydrogens is 557 g/mol. The smallest absolute Gasteiger partial charge is 0.0623 e. The van der Waals surface area contributed by atoms with Crippen molar-refractivity contribution in [2.75, 3.05) is 0 Å². The highest BCUT2D eigenvalue weighted by molar-refractivity contribution is 7.03. The summed E-state index contributed by atoms with van der Waals surface area (Å²) >= 11 is 0. The van der Waals surface area contributed by atoms with Crippen LogP contribution in [-0.2, 0) is 5.41 Å². The standard InChI is InChI=1S/C44H36Si/c1-27-18-21-36-37(24-27)43(29-20-23-33-32-13-9-11-17-40(32)45(4,5)41(33)26-29)35-15-7-6-14-34(35)42(36)28-19-22-31-30-12-8-10-16-38(30)44(2,3)39(31)25-28/h6-26H,1-5H3. The molecule has 0 bridgehead atoms. The molecule has 7 aromatic carbocycles. The molecule has 1 aliphatic carbocycles. The average Bonchev–Trinajstić information content (AvgIpc) is 3.43. The fourth-order valence-electron chi connectivity index (χ4n) is 8.63. The molecule has 1 heterocycles. The van der Waals surface area contributed by atoms with Crippen LogP contribution in [0.1, 0.15) is 30.5 Å². The summed E-state index contributed by atoms with van der Waals surface area (Å²) in [5, 5.41) is 8.40. The second-order valence-corrected chi connectivity index (χ2v) is 18.5. The molecule has 0 amide bonds. The monoisotopic (exact) mass is 592 g/mol. The minimum absolute atomic E-state index is 0.0389. The first kappa shape index (κ1) is 26.7. The maximum atomic E-state index is 2.54. The lowest BCUT2D eigenvalue weighted by atomic mass is 9.80. The van der Waals surface area contributed by atoms with Crippen molar-refractivity contribution >= 4 is 40.0 Å². The molecule has 0 nitrogen and oxygen atoms in total. The van der Waals surface area contributed by atoms with E-state index >= 15 is 0 Å². The molecular formula is C44H36Si. The molecule has 216 valence electrons. The van der Waals surface area contributed by atoms with Gasteiger partial charge in [-0.2, -0.15) is 0 Å². The molecule has 0 fully saturated rings. The molecule has 0 saturated heterocycles. The highest BCUT2D eigenvalue weighted by Gasteiger charge is 2.38. The van der Waals surface area contributed by atoms with E-state index in [2.05, 4.69) is 161 Å². The third-order valence-corrected chi connectivity index (χ3v) is 14.5. The molecule has 1 heteroatoms. The van der Waals surface area contributed by atoms with Gasteiger partial charge in [0.2, 0.25) is 0 Å². The number of hydrogen-bond donors (Lipinski definition) is 0. The average molecular weight is 593 g/mol. The summed E-state index contributed by atoms with van der Waals surface area (Å²) in [7, 11) is -1.81. The summed E-state index contributed by atoms with van der Waals surface area (Å²) in [6.45, 7) is 12.0. The SMILES string of the molecule is Cc1ccc2c(-c3ccc4c(c3)C(C)(C)c3ccccc3-4)c3ccccc3c(-c3ccc4c(c3)[Si](C)(C)c3ccccc3-4)c2c1. The van der Waals surface area contributed by atoms with E-state index in [0.717, 1.165) is 0 Å². The zero-order valence-electron chi connectivity index (χ0n) is 26.6. The summed E-state index contributed by atoms with van der Waals surface area (Å²) in [5.74, 6) is 0. The van der Waals surface area contributed by atoms with Crippen LogP contribution in [-0.4, -0.2) is 8.07 Å². The molecule has 0 spiro atoms. The third-order valence-electron chi connectivity index (χ3n) is 10.9. The van der Waals surface area contributed by atoms with Gasteiger partial charge in [0.25, 0.3) is 0 Å². The van der Waals surface area contributed by atoms with Crippen LogP contribution in [0.4, 0.5) is 0 Å². The van der Waals surface area contributed by atoms with E-state index in [1.807, 2.05) is 0 Å². The van der Waals surface area contributed by atoms with Gasteiger partial charge in [-0.15, -0.1) is 0 Å². The second kappa shape index (κ2) is 9.16. The van der Waals surface area contributed by atoms with Crippen molar-refractivity contribution in [1.29, 1.82) is 0 Å². The van der Waals surface area contributed by atoms with E-state index in [9.17, 15) is 0 Å². The Morgan fingerprint density at radius 1 is 0.444 bits per heavy atom. The van der Waals surface area contributed by atoms with Gasteiger partial charge in [0.1, 0.15) is 8.07 Å². The molecule has 7 aromatic rings. The molecule has 0 radical (unpaired) electrons. The van der Waals surface area contributed by atoms with Crippen LogP contribution < -0.4 is 10.4 Å². The van der Waals surface area contributed by atoms with Gasteiger partial charge in [-0.05, 0) is 101 Å². The first-order valence-electron chi connectivity index (χ1n) is 16.2. The minimum atomic E-state index is -1.81. The Morgan fingerprint density at radius 3 is 1.78 bits per heavy atom. The zero-order valence-corrected chi connectivity index (χ0v) is 27.6. The normalized spacial score (nSPS) is 15.1. The molecule has 1 aliphatic heterocycles. The predicted octanol–water partition coefficient (Wildman–Crippen LogP) is 10.7. The van der Waals surface area contributed by atoms with Crippen LogP contribution in [0.3, 0.4) is 0 Å². The quantitative estimate of drug-likeness (QED) is 0.138. The van der Waals surface area contributed by atoms with Crippen LogP contribution in [0.2, 0.25) is 13.1 Å². The maximum absolute atomic E-state index is 2.54. The van der Waals surface area contributed by atoms with Crippen LogP contribution in [0.5, 0.6) is 0 Å². The van der Waals surface area contributed by atoms with Crippen LogP contribution in [0, 0.1) is 6.92 Å². The van der Waals surface area contributed by atoms with Crippen molar-refractivity contribution < 1.29 is 0 Å². The maximum Gasteiger partial charge on any atom is 0.113 e. The van der Waals surface area contributed by atoms with E-state index in [0.29, 0.717) is 0 Å². The molecule has 2 aliphatic rings. The molecule has 0 N–H and O–H groups in total. The van der Waals surface area contributed by atoms with Gasteiger partial charge < -0.3 is 0 Å². The number of benzene rings is 7. The van der Waals surface area contributed by atoms with Crippen LogP contribution >= 0.6 is 0 Å². The lowest BCUT2D eigenvalue weighted by Gasteiger charge is -2.23. The van der Waals surface area contributed by atoms with Crippen LogP contribution in [0.15, 0.2) is 127 Å². The van der Waals surface area contributed by atoms with Gasteiger partial charge in [-0.25, -0.2) is 0 Å². The number of hydrogen-bond acceptors (Lipinski definition) is 0. The van der Waals surface area contributed by atoms with Crippen molar-refractivity contribution in [2.24, 2.45) is 0 Å². The molecule has 45 heavy (non-hydrogen) atoms. The van der Waals surface area contributed by atoms with Crippen molar-refractivity contribution in [3.63, 3.8) is 0 Å². The molecule has 0 unspecified atom stereocenters. The Balaban J connectivity index is 1.32. The van der Waals surface area contributed by atoms with Crippen molar-refractivity contribution in [3.8, 4) is 44.5 Å². The van der Waals surface area contributed by atoms with E-state index in [4.69, 9.17) is 0 Å². The first-order valence-corrected chi connectivity index (χ1v) is 19.2. The second-order valence-electron chi connectivity index (χ2n) is 14.2. The first-order chi connectivity index (χ1) is 21.7. The van der Waals surface area contributed by atoms with Crippen molar-refractivity contribution in [3.05, 3.63) is 144 Å². The van der Waals surface area contributed by atoms with E-state index in [1.54, 1.807) is 10.4 Å². The van der Waals surface area contributed by atoms with E-state index in [1.165, 1.54) is 82.7 Å². The Kier molecular flexibility index (Phi) is 5.42. The minimum Gasteiger partial charge on any atom is -0.0623 e. The third kappa shape index (κ3) is 3.59. The fourth-order valence-corrected chi connectivity index (χ4v) is 11.7. The van der Waals surface area contributed by atoms with Crippen molar-refractivity contribution in [1.82, 2.24) is 0 Å². The summed E-state index contributed by atoms with van der Waals surface area (Å²) < 4.78 is 0. The van der Waals surface area contributed by atoms with Gasteiger partial charge in [-0.3, -0.25) is 0 Å². The number of rotatable bonds is 2. The Labute approximate surface area is 267 Å². The van der Waals surface area contributed by atoms with E-state index in [-0.39, 0.29) is 5.41 Å². The van der Waals surface area contributed by atoms with Gasteiger partial charge in [0, 0.05) is 5.41 Å². The Morgan fingerprint density at radius 2 is 1.00 bits per heavy atom. The number of aryl methyl sites for hydroxylation is 1. The van der Waals surface area contributed by atoms with E-state index < -0.39 is 8.07 Å². The molecule has 9 rings (SSSR count). The van der Waals surface area contributed by atoms with Crippen molar-refractivity contribution in [2.45, 2.75) is 39.3 Å². The molecule has 0 saturated carbocycles. The summed E-state index contributed by atoms with van der Waals surface area (Å²) in [6, 6.07) is 48.7. The van der Waals surface area contributed by atoms with Gasteiger partial charge in [0.15, 0.2) is 0 Å². The number of fused-ring (bicyclic) bond motifs is 8. The zero-order chi connectivity index (χ0) is 30.7. The van der Waals surface area contributed by atoms with Gasteiger partial charge in [-0.1, -0.05) is 154 Å². The van der Waals surface area contributed by atoms with Gasteiger partial charge >= 0.3 is 0 Å². The predicted molar refractivity (Wildman–Crippen MR) is 197 cm³/mol. The highest BCUT2D eigenvalue weighted by Crippen LogP contribution is 2.51. The fraction of sp³-hybridized carbons (Fsp3) is 0.136. The topological polar surface area (TPSA) is 0 Å². The largest absolute Gasteiger partial charge is 0.113 e. The summed E-state index contributed by atoms with van der Waals surface area (Å²) in [4.78, 5) is 0.